The number of aryl methyl sites for hydroxylation is 1. The molecule has 2 heterocycles. The van der Waals surface area contributed by atoms with Gasteiger partial charge in [0.25, 0.3) is 0 Å². The molecule has 2 nitrogen and oxygen atoms in total. The molecule has 0 bridgehead atoms. The van der Waals surface area contributed by atoms with Crippen molar-refractivity contribution in [1.29, 1.82) is 0 Å². The number of aromatic nitrogens is 1. The van der Waals surface area contributed by atoms with Gasteiger partial charge in [0.2, 0.25) is 0 Å². The monoisotopic (exact) mass is 348 g/mol. The SMILES string of the molecule is CCc1ccc(Cl)c(-c2cnc3c(c2)=CNC(Br)C=3)c1. The van der Waals surface area contributed by atoms with Crippen molar-refractivity contribution in [3.63, 3.8) is 0 Å². The van der Waals surface area contributed by atoms with E-state index in [0.29, 0.717) is 0 Å². The molecule has 1 aromatic heterocycles. The maximum Gasteiger partial charge on any atom is 0.102 e. The van der Waals surface area contributed by atoms with Gasteiger partial charge >= 0.3 is 0 Å². The first-order chi connectivity index (χ1) is 9.67. The molecule has 0 aliphatic carbocycles. The quantitative estimate of drug-likeness (QED) is 0.666. The molecule has 3 rings (SSSR count). The van der Waals surface area contributed by atoms with Gasteiger partial charge in [0, 0.05) is 33.8 Å². The second kappa shape index (κ2) is 5.58. The average Bonchev–Trinajstić information content (AvgIpc) is 2.47. The highest BCUT2D eigenvalue weighted by atomic mass is 79.9. The Morgan fingerprint density at radius 3 is 3.00 bits per heavy atom. The number of nitrogens with zero attached hydrogens (tertiary/aromatic N) is 1. The first-order valence-electron chi connectivity index (χ1n) is 6.54. The second-order valence-corrected chi connectivity index (χ2v) is 6.14. The van der Waals surface area contributed by atoms with Gasteiger partial charge < -0.3 is 5.32 Å². The molecule has 1 aliphatic rings. The van der Waals surface area contributed by atoms with E-state index in [0.717, 1.165) is 33.1 Å². The predicted molar refractivity (Wildman–Crippen MR) is 88.1 cm³/mol. The molecular weight excluding hydrogens is 336 g/mol. The van der Waals surface area contributed by atoms with Crippen molar-refractivity contribution in [1.82, 2.24) is 10.3 Å². The van der Waals surface area contributed by atoms with Crippen molar-refractivity contribution in [2.45, 2.75) is 18.3 Å². The van der Waals surface area contributed by atoms with Gasteiger partial charge in [-0.25, -0.2) is 0 Å². The van der Waals surface area contributed by atoms with Crippen LogP contribution in [0.2, 0.25) is 5.02 Å². The fourth-order valence-electron chi connectivity index (χ4n) is 2.26. The number of halogens is 2. The third-order valence-corrected chi connectivity index (χ3v) is 4.26. The molecule has 102 valence electrons. The summed E-state index contributed by atoms with van der Waals surface area (Å²) in [5, 5.41) is 6.04. The number of fused-ring (bicyclic) bond motifs is 1. The fourth-order valence-corrected chi connectivity index (χ4v) is 2.87. The number of hydrogen-bond acceptors (Lipinski definition) is 2. The lowest BCUT2D eigenvalue weighted by atomic mass is 10.0. The Balaban J connectivity index is 2.15. The molecule has 1 aromatic carbocycles. The predicted octanol–water partition coefficient (Wildman–Crippen LogP) is 2.81. The van der Waals surface area contributed by atoms with Crippen molar-refractivity contribution >= 4 is 39.8 Å². The van der Waals surface area contributed by atoms with E-state index in [1.165, 1.54) is 5.56 Å². The summed E-state index contributed by atoms with van der Waals surface area (Å²) in [5.41, 5.74) is 3.36. The maximum atomic E-state index is 6.33. The summed E-state index contributed by atoms with van der Waals surface area (Å²) in [6.45, 7) is 2.14. The Bertz CT molecular complexity index is 771. The van der Waals surface area contributed by atoms with Gasteiger partial charge in [-0.05, 0) is 36.3 Å². The van der Waals surface area contributed by atoms with E-state index in [4.69, 9.17) is 11.6 Å². The lowest BCUT2D eigenvalue weighted by Gasteiger charge is -2.11. The molecule has 2 aromatic rings. The average molecular weight is 350 g/mol. The molecule has 1 aliphatic heterocycles. The summed E-state index contributed by atoms with van der Waals surface area (Å²) >= 11 is 9.82. The number of benzene rings is 1. The van der Waals surface area contributed by atoms with Gasteiger partial charge in [-0.1, -0.05) is 40.5 Å². The van der Waals surface area contributed by atoms with E-state index in [1.807, 2.05) is 24.5 Å². The molecule has 20 heavy (non-hydrogen) atoms. The third kappa shape index (κ3) is 2.60. The summed E-state index contributed by atoms with van der Waals surface area (Å²) in [5.74, 6) is 0. The number of alkyl halides is 1. The number of rotatable bonds is 2. The van der Waals surface area contributed by atoms with Crippen LogP contribution in [0.3, 0.4) is 0 Å². The van der Waals surface area contributed by atoms with Crippen LogP contribution in [-0.4, -0.2) is 9.94 Å². The maximum absolute atomic E-state index is 6.33. The van der Waals surface area contributed by atoms with Gasteiger partial charge in [0.1, 0.15) is 4.95 Å². The summed E-state index contributed by atoms with van der Waals surface area (Å²) in [7, 11) is 0. The first-order valence-corrected chi connectivity index (χ1v) is 7.84. The van der Waals surface area contributed by atoms with Crippen LogP contribution >= 0.6 is 27.5 Å². The first kappa shape index (κ1) is 13.7. The zero-order chi connectivity index (χ0) is 14.1. The van der Waals surface area contributed by atoms with E-state index < -0.39 is 0 Å². The molecule has 0 saturated heterocycles. The largest absolute Gasteiger partial charge is 0.375 e. The Labute approximate surface area is 131 Å². The van der Waals surface area contributed by atoms with Crippen molar-refractivity contribution in [2.75, 3.05) is 0 Å². The molecule has 1 atom stereocenters. The minimum Gasteiger partial charge on any atom is -0.375 e. The number of pyridine rings is 1. The van der Waals surface area contributed by atoms with Crippen LogP contribution in [-0.2, 0) is 6.42 Å². The molecule has 0 saturated carbocycles. The van der Waals surface area contributed by atoms with Crippen LogP contribution in [0.4, 0.5) is 0 Å². The number of hydrogen-bond donors (Lipinski definition) is 1. The zero-order valence-electron chi connectivity index (χ0n) is 11.0. The van der Waals surface area contributed by atoms with E-state index in [-0.39, 0.29) is 4.95 Å². The van der Waals surface area contributed by atoms with Crippen molar-refractivity contribution < 1.29 is 0 Å². The van der Waals surface area contributed by atoms with Gasteiger partial charge in [-0.2, -0.15) is 0 Å². The van der Waals surface area contributed by atoms with E-state index in [9.17, 15) is 0 Å². The highest BCUT2D eigenvalue weighted by Gasteiger charge is 2.07. The molecule has 0 amide bonds. The standard InChI is InChI=1S/C16H14BrClN2/c1-2-10-3-4-14(18)13(5-10)11-6-12-9-20-16(17)7-15(12)19-8-11/h3-9,16,20H,2H2,1H3. The summed E-state index contributed by atoms with van der Waals surface area (Å²) in [6, 6.07) is 8.27. The minimum absolute atomic E-state index is 0.139. The lowest BCUT2D eigenvalue weighted by Crippen LogP contribution is -2.38. The normalized spacial score (nSPS) is 16.6. The topological polar surface area (TPSA) is 24.9 Å². The Kier molecular flexibility index (Phi) is 3.81. The molecule has 0 fully saturated rings. The van der Waals surface area contributed by atoms with Crippen molar-refractivity contribution in [3.8, 4) is 11.1 Å². The molecule has 0 spiro atoms. The molecule has 4 heteroatoms. The highest BCUT2D eigenvalue weighted by Crippen LogP contribution is 2.27. The smallest absolute Gasteiger partial charge is 0.102 e. The van der Waals surface area contributed by atoms with Crippen LogP contribution in [0.5, 0.6) is 0 Å². The molecule has 1 unspecified atom stereocenters. The third-order valence-electron chi connectivity index (χ3n) is 3.40. The van der Waals surface area contributed by atoms with Crippen LogP contribution in [0.1, 0.15) is 12.5 Å². The number of nitrogens with one attached hydrogen (secondary N) is 1. The van der Waals surface area contributed by atoms with Gasteiger partial charge in [0.15, 0.2) is 0 Å². The fraction of sp³-hybridized carbons (Fsp3) is 0.188. The Morgan fingerprint density at radius 2 is 2.20 bits per heavy atom. The summed E-state index contributed by atoms with van der Waals surface area (Å²) < 4.78 is 0. The molecule has 1 N–H and O–H groups in total. The van der Waals surface area contributed by atoms with Crippen LogP contribution in [0.25, 0.3) is 23.4 Å². The zero-order valence-corrected chi connectivity index (χ0v) is 13.4. The Hall–Kier alpha value is -1.32. The van der Waals surface area contributed by atoms with Crippen LogP contribution in [0, 0.1) is 0 Å². The van der Waals surface area contributed by atoms with E-state index in [1.54, 1.807) is 0 Å². The molecular formula is C16H14BrClN2. The summed E-state index contributed by atoms with van der Waals surface area (Å²) in [4.78, 5) is 4.67. The van der Waals surface area contributed by atoms with E-state index >= 15 is 0 Å². The van der Waals surface area contributed by atoms with Gasteiger partial charge in [-0.3, -0.25) is 4.98 Å². The van der Waals surface area contributed by atoms with Crippen molar-refractivity contribution in [3.05, 3.63) is 51.6 Å². The van der Waals surface area contributed by atoms with Gasteiger partial charge in [0.05, 0.1) is 5.35 Å². The van der Waals surface area contributed by atoms with Crippen LogP contribution < -0.4 is 15.9 Å². The van der Waals surface area contributed by atoms with Crippen molar-refractivity contribution in [2.24, 2.45) is 0 Å². The molecule has 0 radical (unpaired) electrons. The van der Waals surface area contributed by atoms with Gasteiger partial charge in [-0.15, -0.1) is 0 Å². The van der Waals surface area contributed by atoms with Crippen LogP contribution in [0.15, 0.2) is 30.5 Å². The second-order valence-electron chi connectivity index (χ2n) is 4.75. The van der Waals surface area contributed by atoms with E-state index in [2.05, 4.69) is 51.4 Å². The highest BCUT2D eigenvalue weighted by molar-refractivity contribution is 9.09. The Morgan fingerprint density at radius 1 is 1.35 bits per heavy atom. The summed E-state index contributed by atoms with van der Waals surface area (Å²) in [6.07, 6.45) is 6.90. The minimum atomic E-state index is 0.139. The lowest BCUT2D eigenvalue weighted by molar-refractivity contribution is 0.989.